The maximum Gasteiger partial charge on any atom is 0.311 e. The smallest absolute Gasteiger partial charge is 0.311 e. The van der Waals surface area contributed by atoms with Crippen molar-refractivity contribution in [2.45, 2.75) is 119 Å². The van der Waals surface area contributed by atoms with E-state index in [0.717, 1.165) is 24.8 Å². The van der Waals surface area contributed by atoms with Crippen molar-refractivity contribution < 1.29 is 24.5 Å². The molecule has 39 heavy (non-hydrogen) atoms. The zero-order valence-electron chi connectivity index (χ0n) is 25.6. The van der Waals surface area contributed by atoms with E-state index in [1.807, 2.05) is 20.8 Å². The Morgan fingerprint density at radius 3 is 2.15 bits per heavy atom. The average Bonchev–Trinajstić information content (AvgIpc) is 2.87. The first-order valence-electron chi connectivity index (χ1n) is 14.7. The molecule has 216 valence electrons. The fourth-order valence-corrected chi connectivity index (χ4v) is 9.30. The third-order valence-corrected chi connectivity index (χ3v) is 12.5. The fraction of sp³-hybridized carbons (Fsp3) is 0.788. The molecule has 0 aliphatic heterocycles. The Balaban J connectivity index is 1.93. The van der Waals surface area contributed by atoms with Crippen LogP contribution >= 0.6 is 0 Å². The molecule has 4 rings (SSSR count). The van der Waals surface area contributed by atoms with E-state index < -0.39 is 32.7 Å². The third kappa shape index (κ3) is 3.97. The van der Waals surface area contributed by atoms with Crippen molar-refractivity contribution >= 4 is 11.8 Å². The minimum atomic E-state index is -1.57. The molecular weight excluding hydrogens is 490 g/mol. The molecule has 4 aliphatic carbocycles. The average molecular weight is 540 g/mol. The second-order valence-corrected chi connectivity index (χ2v) is 15.5. The Kier molecular flexibility index (Phi) is 6.84. The summed E-state index contributed by atoms with van der Waals surface area (Å²) in [6, 6.07) is 2.25. The Morgan fingerprint density at radius 1 is 0.974 bits per heavy atom. The number of ketones is 1. The van der Waals surface area contributed by atoms with Gasteiger partial charge >= 0.3 is 5.97 Å². The maximum absolute atomic E-state index is 14.2. The number of fused-ring (bicyclic) bond motifs is 5. The lowest BCUT2D eigenvalue weighted by Crippen LogP contribution is -2.67. The molecule has 0 radical (unpaired) electrons. The lowest BCUT2D eigenvalue weighted by molar-refractivity contribution is -0.187. The van der Waals surface area contributed by atoms with Gasteiger partial charge in [0.15, 0.2) is 5.78 Å². The number of esters is 1. The molecule has 0 aromatic carbocycles. The van der Waals surface area contributed by atoms with Crippen LogP contribution in [0.4, 0.5) is 0 Å². The zero-order chi connectivity index (χ0) is 29.4. The quantitative estimate of drug-likeness (QED) is 0.348. The highest BCUT2D eigenvalue weighted by atomic mass is 16.5. The number of carbonyl (C=O) groups excluding carboxylic acids is 2. The van der Waals surface area contributed by atoms with Crippen LogP contribution in [0.1, 0.15) is 113 Å². The van der Waals surface area contributed by atoms with Gasteiger partial charge in [0.25, 0.3) is 0 Å². The van der Waals surface area contributed by atoms with E-state index in [9.17, 15) is 25.1 Å². The summed E-state index contributed by atoms with van der Waals surface area (Å²) in [5, 5.41) is 33.6. The molecule has 0 bridgehead atoms. The Hall–Kier alpha value is -2.13. The number of hydrogen-bond acceptors (Lipinski definition) is 6. The molecule has 0 spiro atoms. The van der Waals surface area contributed by atoms with Crippen molar-refractivity contribution in [2.24, 2.45) is 38.4 Å². The van der Waals surface area contributed by atoms with Crippen LogP contribution in [0.15, 0.2) is 23.0 Å². The van der Waals surface area contributed by atoms with Crippen LogP contribution in [0, 0.1) is 49.7 Å². The maximum atomic E-state index is 14.2. The van der Waals surface area contributed by atoms with Crippen molar-refractivity contribution in [1.82, 2.24) is 0 Å². The van der Waals surface area contributed by atoms with Gasteiger partial charge in [-0.2, -0.15) is 5.26 Å². The summed E-state index contributed by atoms with van der Waals surface area (Å²) in [5.74, 6) is -0.289. The van der Waals surface area contributed by atoms with E-state index in [4.69, 9.17) is 4.74 Å². The van der Waals surface area contributed by atoms with Crippen LogP contribution in [-0.2, 0) is 14.3 Å². The van der Waals surface area contributed by atoms with Crippen molar-refractivity contribution in [3.63, 3.8) is 0 Å². The van der Waals surface area contributed by atoms with Gasteiger partial charge in [0.1, 0.15) is 11.4 Å². The molecule has 0 heterocycles. The van der Waals surface area contributed by atoms with Gasteiger partial charge in [0, 0.05) is 10.8 Å². The lowest BCUT2D eigenvalue weighted by atomic mass is 9.37. The number of methoxy groups -OCH3 is 1. The van der Waals surface area contributed by atoms with Crippen molar-refractivity contribution in [3.05, 3.63) is 23.0 Å². The Labute approximate surface area is 234 Å². The number of rotatable bonds is 1. The molecule has 0 saturated heterocycles. The first-order chi connectivity index (χ1) is 17.8. The van der Waals surface area contributed by atoms with E-state index in [-0.39, 0.29) is 28.8 Å². The second kappa shape index (κ2) is 8.93. The van der Waals surface area contributed by atoms with Gasteiger partial charge in [-0.3, -0.25) is 9.59 Å². The number of ether oxygens (including phenoxy) is 1. The molecule has 0 aromatic rings. The molecule has 2 saturated carbocycles. The zero-order valence-corrected chi connectivity index (χ0v) is 25.6. The molecule has 2 N–H and O–H groups in total. The molecule has 0 aromatic heterocycles. The topological polar surface area (TPSA) is 108 Å². The largest absolute Gasteiger partial charge is 0.511 e. The summed E-state index contributed by atoms with van der Waals surface area (Å²) in [7, 11) is 1.44. The van der Waals surface area contributed by atoms with Crippen LogP contribution in [0.2, 0.25) is 0 Å². The van der Waals surface area contributed by atoms with E-state index in [0.29, 0.717) is 44.1 Å². The normalized spacial score (nSPS) is 43.7. The summed E-state index contributed by atoms with van der Waals surface area (Å²) in [6.07, 6.45) is 7.22. The number of nitrogens with zero attached hydrogens (tertiary/aromatic N) is 1. The van der Waals surface area contributed by atoms with Gasteiger partial charge in [-0.15, -0.1) is 0 Å². The van der Waals surface area contributed by atoms with Crippen molar-refractivity contribution in [2.75, 3.05) is 7.11 Å². The van der Waals surface area contributed by atoms with Crippen LogP contribution in [0.3, 0.4) is 0 Å². The summed E-state index contributed by atoms with van der Waals surface area (Å²) in [6.45, 7) is 16.7. The molecular formula is C33H49NO5. The summed E-state index contributed by atoms with van der Waals surface area (Å²) in [4.78, 5) is 27.3. The Bertz CT molecular complexity index is 1190. The van der Waals surface area contributed by atoms with E-state index in [2.05, 4.69) is 40.7 Å². The first-order valence-corrected chi connectivity index (χ1v) is 14.7. The first kappa shape index (κ1) is 29.8. The lowest BCUT2D eigenvalue weighted by Gasteiger charge is -2.67. The highest BCUT2D eigenvalue weighted by molar-refractivity contribution is 6.00. The molecule has 0 unspecified atom stereocenters. The van der Waals surface area contributed by atoms with E-state index >= 15 is 0 Å². The number of aliphatic hydroxyl groups is 2. The van der Waals surface area contributed by atoms with E-state index in [1.54, 1.807) is 6.08 Å². The minimum absolute atomic E-state index is 0.0443. The third-order valence-electron chi connectivity index (χ3n) is 12.5. The van der Waals surface area contributed by atoms with Crippen LogP contribution in [0.5, 0.6) is 0 Å². The van der Waals surface area contributed by atoms with Gasteiger partial charge in [-0.25, -0.2) is 0 Å². The van der Waals surface area contributed by atoms with Crippen molar-refractivity contribution in [3.8, 4) is 6.07 Å². The molecule has 6 heteroatoms. The number of hydrogen-bond donors (Lipinski definition) is 2. The van der Waals surface area contributed by atoms with Gasteiger partial charge < -0.3 is 14.9 Å². The summed E-state index contributed by atoms with van der Waals surface area (Å²) < 4.78 is 5.28. The number of aliphatic hydroxyl groups excluding tert-OH is 1. The van der Waals surface area contributed by atoms with Crippen molar-refractivity contribution in [1.29, 1.82) is 5.26 Å². The molecule has 6 atom stereocenters. The second-order valence-electron chi connectivity index (χ2n) is 15.5. The number of nitriles is 1. The van der Waals surface area contributed by atoms with Gasteiger partial charge in [-0.05, 0) is 93.0 Å². The predicted molar refractivity (Wildman–Crippen MR) is 150 cm³/mol. The van der Waals surface area contributed by atoms with Gasteiger partial charge in [0.2, 0.25) is 0 Å². The predicted octanol–water partition coefficient (Wildman–Crippen LogP) is 6.98. The monoisotopic (exact) mass is 539 g/mol. The van der Waals surface area contributed by atoms with E-state index in [1.165, 1.54) is 7.11 Å². The molecule has 6 nitrogen and oxygen atoms in total. The van der Waals surface area contributed by atoms with Crippen LogP contribution < -0.4 is 0 Å². The van der Waals surface area contributed by atoms with Crippen LogP contribution in [0.25, 0.3) is 0 Å². The Morgan fingerprint density at radius 2 is 1.56 bits per heavy atom. The SMILES string of the molecule is COC(=O)[C@@]1(C)CCC(C)(C)CC[C@@]2(O)C(=O)C=C3[C@@]4(C)CC(C#N)=C(O)C(C)(C)[C@@H]4CC[C@@]3(C)[C@]2(C)CC1. The molecule has 0 amide bonds. The summed E-state index contributed by atoms with van der Waals surface area (Å²) in [5.41, 5.74) is -3.57. The minimum Gasteiger partial charge on any atom is -0.511 e. The highest BCUT2D eigenvalue weighted by Gasteiger charge is 2.70. The highest BCUT2D eigenvalue weighted by Crippen LogP contribution is 2.72. The fourth-order valence-electron chi connectivity index (χ4n) is 9.30. The van der Waals surface area contributed by atoms with Gasteiger partial charge in [-0.1, -0.05) is 54.0 Å². The van der Waals surface area contributed by atoms with Crippen LogP contribution in [-0.4, -0.2) is 34.7 Å². The molecule has 4 aliphatic rings. The number of carbonyl (C=O) groups is 2. The molecule has 2 fully saturated rings. The van der Waals surface area contributed by atoms with Gasteiger partial charge in [0.05, 0.1) is 24.2 Å². The number of allylic oxidation sites excluding steroid dienone is 3. The standard InChI is InChI=1S/C33H49NO5/c1-27(2)12-14-29(5,26(37)39-9)15-16-32(8)31(7)11-10-22-28(3,4)25(36)21(20-34)19-30(22,6)23(31)18-24(35)33(32,38)17-13-27/h18,22,36,38H,10-17,19H2,1-9H3/t22-,29-,30-,31+,32-,33+/m0/s1. The summed E-state index contributed by atoms with van der Waals surface area (Å²) >= 11 is 0.